The van der Waals surface area contributed by atoms with E-state index in [4.69, 9.17) is 40.7 Å². The lowest BCUT2D eigenvalue weighted by molar-refractivity contribution is -0.192. The van der Waals surface area contributed by atoms with Gasteiger partial charge in [-0.05, 0) is 101 Å². The van der Waals surface area contributed by atoms with E-state index in [2.05, 4.69) is 31.6 Å². The summed E-state index contributed by atoms with van der Waals surface area (Å²) >= 11 is 6.60. The van der Waals surface area contributed by atoms with Crippen LogP contribution in [-0.2, 0) is 40.1 Å². The van der Waals surface area contributed by atoms with Gasteiger partial charge in [0.25, 0.3) is 17.7 Å². The number of nitrogens with one attached hydrogen (secondary N) is 6. The van der Waals surface area contributed by atoms with Crippen molar-refractivity contribution in [2.45, 2.75) is 77.5 Å². The third-order valence-corrected chi connectivity index (χ3v) is 15.4. The molecule has 0 saturated heterocycles. The maximum absolute atomic E-state index is 14.5. The molecule has 27 nitrogen and oxygen atoms in total. The van der Waals surface area contributed by atoms with Crippen LogP contribution in [0.5, 0.6) is 11.5 Å². The number of hydrogen-bond donors (Lipinski definition) is 8. The number of hydrogen-bond acceptors (Lipinski definition) is 18. The van der Waals surface area contributed by atoms with Crippen molar-refractivity contribution >= 4 is 98.4 Å². The Hall–Kier alpha value is -8.60. The normalized spacial score (nSPS) is 14.8. The highest BCUT2D eigenvalue weighted by atomic mass is 35.5. The number of ether oxygens (including phenoxy) is 4. The van der Waals surface area contributed by atoms with Crippen molar-refractivity contribution in [3.63, 3.8) is 0 Å². The summed E-state index contributed by atoms with van der Waals surface area (Å²) in [5.74, 6) is -3.14. The van der Waals surface area contributed by atoms with Gasteiger partial charge in [-0.25, -0.2) is 14.4 Å². The largest absolute Gasteiger partial charge is 0.492 e. The molecule has 4 heterocycles. The summed E-state index contributed by atoms with van der Waals surface area (Å²) in [6, 6.07) is 12.6. The zero-order chi connectivity index (χ0) is 64.6. The highest BCUT2D eigenvalue weighted by Gasteiger charge is 2.39. The maximum Gasteiger partial charge on any atom is 0.415 e. The average molecular weight is 1260 g/mol. The summed E-state index contributed by atoms with van der Waals surface area (Å²) in [7, 11) is 8.26. The number of aromatic amines is 1. The summed E-state index contributed by atoms with van der Waals surface area (Å²) in [6.45, 7) is 7.42. The number of carbonyl (C=O) groups excluding carboxylic acids is 9. The van der Waals surface area contributed by atoms with Crippen molar-refractivity contribution in [2.75, 3.05) is 110 Å². The fraction of sp³-hybridized carbons (Fsp3) is 0.459. The summed E-state index contributed by atoms with van der Waals surface area (Å²) in [5.41, 5.74) is 8.64. The molecule has 7 rings (SSSR count). The molecule has 0 fully saturated rings. The number of aryl methyl sites for hydroxylation is 1. The van der Waals surface area contributed by atoms with E-state index in [1.165, 1.54) is 41.0 Å². The van der Waals surface area contributed by atoms with E-state index in [0.717, 1.165) is 4.90 Å². The van der Waals surface area contributed by atoms with Gasteiger partial charge in [0.05, 0.1) is 36.5 Å². The van der Waals surface area contributed by atoms with Gasteiger partial charge in [0.1, 0.15) is 24.0 Å². The quantitative estimate of drug-likeness (QED) is 0.00988. The number of halogens is 1. The zero-order valence-electron chi connectivity index (χ0n) is 51.2. The number of imide groups is 1. The van der Waals surface area contributed by atoms with Crippen LogP contribution in [0.2, 0.25) is 0 Å². The molecule has 5 aromatic rings. The number of amides is 9. The minimum Gasteiger partial charge on any atom is -0.492 e. The van der Waals surface area contributed by atoms with Crippen LogP contribution in [0, 0.1) is 12.8 Å². The van der Waals surface area contributed by atoms with E-state index in [1.54, 1.807) is 68.6 Å². The molecular formula is C61H79ClN12O15. The van der Waals surface area contributed by atoms with Gasteiger partial charge in [0.15, 0.2) is 11.5 Å². The van der Waals surface area contributed by atoms with Crippen molar-refractivity contribution in [1.82, 2.24) is 45.9 Å². The number of fused-ring (bicyclic) bond motifs is 4. The monoisotopic (exact) mass is 1250 g/mol. The van der Waals surface area contributed by atoms with Crippen molar-refractivity contribution in [1.29, 1.82) is 0 Å². The van der Waals surface area contributed by atoms with Gasteiger partial charge in [0.2, 0.25) is 24.1 Å². The van der Waals surface area contributed by atoms with Crippen molar-refractivity contribution in [2.24, 2.45) is 11.7 Å². The number of rotatable bonds is 32. The van der Waals surface area contributed by atoms with Gasteiger partial charge in [-0.3, -0.25) is 38.6 Å². The fourth-order valence-corrected chi connectivity index (χ4v) is 10.4. The van der Waals surface area contributed by atoms with Gasteiger partial charge < -0.3 is 80.5 Å². The van der Waals surface area contributed by atoms with Crippen molar-refractivity contribution in [3.05, 3.63) is 94.9 Å². The number of aliphatic hydroxyl groups excluding tert-OH is 1. The number of benzene rings is 3. The first-order chi connectivity index (χ1) is 42.5. The SMILES string of the molecule is COC(=O)c1c(C)[nH]c2c(OC(=O)N(C)CCN(C)C(O)OCc3ccc(NC(=O)C(CCCNC(N)=O)NC(=O)[C@@H](NCCNC(=O)CCCN4C(=O)C=CC4=O)C(C)C)cc3)cc3c(c12)[C@H](CCl)CN3C(=O)c1cc2cc(OCCN(C)C)ccc2o1. The molecule has 9 N–H and O–H groups in total. The van der Waals surface area contributed by atoms with E-state index < -0.39 is 72.0 Å². The summed E-state index contributed by atoms with van der Waals surface area (Å²) in [6.07, 6.45) is 0.970. The number of carbonyl (C=O) groups is 9. The molecule has 3 aromatic carbocycles. The van der Waals surface area contributed by atoms with Crippen LogP contribution in [0.3, 0.4) is 0 Å². The predicted molar refractivity (Wildman–Crippen MR) is 330 cm³/mol. The smallest absolute Gasteiger partial charge is 0.415 e. The minimum absolute atomic E-state index is 0.0257. The first-order valence-corrected chi connectivity index (χ1v) is 29.7. The number of methoxy groups -OCH3 is 1. The van der Waals surface area contributed by atoms with Gasteiger partial charge >= 0.3 is 18.1 Å². The molecule has 480 valence electrons. The number of aliphatic hydroxyl groups is 1. The Bertz CT molecular complexity index is 3400. The highest BCUT2D eigenvalue weighted by Crippen LogP contribution is 2.48. The molecule has 0 bridgehead atoms. The van der Waals surface area contributed by atoms with E-state index in [0.29, 0.717) is 75.4 Å². The number of nitrogens with zero attached hydrogens (tertiary/aromatic N) is 5. The first kappa shape index (κ1) is 67.9. The van der Waals surface area contributed by atoms with E-state index >= 15 is 0 Å². The van der Waals surface area contributed by atoms with Gasteiger partial charge in [-0.2, -0.15) is 0 Å². The van der Waals surface area contributed by atoms with Crippen LogP contribution in [0.1, 0.15) is 83.2 Å². The van der Waals surface area contributed by atoms with Gasteiger partial charge in [0, 0.05) is 118 Å². The Morgan fingerprint density at radius 1 is 0.899 bits per heavy atom. The highest BCUT2D eigenvalue weighted by molar-refractivity contribution is 6.20. The number of likely N-dealkylation sites (N-methyl/N-ethyl adjacent to an activating group) is 3. The van der Waals surface area contributed by atoms with Gasteiger partial charge in [-0.15, -0.1) is 11.6 Å². The Balaban J connectivity index is 0.922. The Morgan fingerprint density at radius 3 is 2.30 bits per heavy atom. The zero-order valence-corrected chi connectivity index (χ0v) is 52.0. The van der Waals surface area contributed by atoms with E-state index in [9.17, 15) is 48.3 Å². The van der Waals surface area contributed by atoms with E-state index in [1.807, 2.05) is 32.8 Å². The molecule has 2 aliphatic heterocycles. The van der Waals surface area contributed by atoms with E-state index in [-0.39, 0.29) is 106 Å². The van der Waals surface area contributed by atoms with Crippen molar-refractivity contribution < 1.29 is 71.6 Å². The number of H-pyrrole nitrogens is 1. The Kier molecular flexibility index (Phi) is 24.1. The van der Waals surface area contributed by atoms with Crippen LogP contribution in [0.4, 0.5) is 21.0 Å². The number of alkyl halides is 1. The van der Waals surface area contributed by atoms with Crippen LogP contribution < -0.4 is 46.7 Å². The average Bonchev–Trinajstić information content (AvgIpc) is 1.59. The fourth-order valence-electron chi connectivity index (χ4n) is 10.1. The molecule has 4 atom stereocenters. The molecule has 0 saturated carbocycles. The van der Waals surface area contributed by atoms with Crippen LogP contribution >= 0.6 is 11.6 Å². The summed E-state index contributed by atoms with van der Waals surface area (Å²) in [4.78, 5) is 127. The predicted octanol–water partition coefficient (Wildman–Crippen LogP) is 4.09. The van der Waals surface area contributed by atoms with Crippen LogP contribution in [0.15, 0.2) is 71.2 Å². The molecule has 0 radical (unpaired) electrons. The second kappa shape index (κ2) is 31.5. The lowest BCUT2D eigenvalue weighted by atomic mass is 9.95. The number of esters is 1. The molecule has 9 amide bonds. The second-order valence-electron chi connectivity index (χ2n) is 22.3. The molecule has 28 heteroatoms. The molecular weight excluding hydrogens is 1180 g/mol. The maximum atomic E-state index is 14.5. The third kappa shape index (κ3) is 17.8. The number of primary amides is 1. The molecule has 2 unspecified atom stereocenters. The number of aromatic nitrogens is 1. The third-order valence-electron chi connectivity index (χ3n) is 15.0. The second-order valence-corrected chi connectivity index (χ2v) is 22.6. The summed E-state index contributed by atoms with van der Waals surface area (Å²) in [5, 5.41) is 26.1. The minimum atomic E-state index is -1.42. The molecule has 0 spiro atoms. The lowest BCUT2D eigenvalue weighted by Gasteiger charge is -2.26. The molecule has 2 aliphatic rings. The number of urea groups is 1. The van der Waals surface area contributed by atoms with Crippen molar-refractivity contribution in [3.8, 4) is 11.5 Å². The van der Waals surface area contributed by atoms with Crippen LogP contribution in [-0.4, -0.2) is 202 Å². The van der Waals surface area contributed by atoms with Gasteiger partial charge in [-0.1, -0.05) is 26.0 Å². The van der Waals surface area contributed by atoms with Crippen LogP contribution in [0.25, 0.3) is 21.9 Å². The standard InChI is InChI=1S/C61H79ClN12O15/c1-35(2)53(65-23-22-64-47(75)12-10-24-73-48(76)19-20-49(73)77)56(79)69-42(11-9-21-66-59(63)82)55(78)68-40-15-13-37(14-16-40)34-87-60(83)71(6)25-26-72(7)61(84)89-45-31-43-51(52-50(58(81)85-8)36(3)67-54(45)52)39(32-62)33-74(43)57(80)46-30-38-29-41(17-18-44(38)88-46)86-28-27-70(4)5/h13-20,29-31,35,39,42,53,60,65,67,83H,9-12,21-28,32-34H2,1-8H3,(H,64,75)(H,68,78)(H,69,79)(H3,63,66,82)/t39-,42?,53+,60?/m1/s1. The topological polar surface area (TPSA) is 342 Å². The molecule has 2 aromatic heterocycles. The first-order valence-electron chi connectivity index (χ1n) is 29.1. The number of furan rings is 1. The Morgan fingerprint density at radius 2 is 1.63 bits per heavy atom. The lowest BCUT2D eigenvalue weighted by Crippen LogP contribution is -2.54. The molecule has 89 heavy (non-hydrogen) atoms. The summed E-state index contributed by atoms with van der Waals surface area (Å²) < 4.78 is 29.0. The number of nitrogens with two attached hydrogens (primary N) is 1. The molecule has 0 aliphatic carbocycles. The number of anilines is 2. The Labute approximate surface area is 519 Å².